The lowest BCUT2D eigenvalue weighted by Gasteiger charge is -2.30. The Bertz CT molecular complexity index is 1170. The van der Waals surface area contributed by atoms with Crippen molar-refractivity contribution in [3.8, 4) is 11.5 Å². The van der Waals surface area contributed by atoms with Crippen molar-refractivity contribution in [1.29, 1.82) is 0 Å². The monoisotopic (exact) mass is 560 g/mol. The molecule has 1 amide bonds. The standard InChI is InChI=1S/C28H33FN2O9/c1-5-13-37-25-17(2)40-28(34)21(11-14-36-23(25)15-19-6-8-20(29)9-7-19)31-27(33)24-26(39-16-38-18(3)32)22(35-4)10-12-30-24/h5-10,12,17,21,23,25H,1,11,13-16H2,2-4H3,(H,31,33)/t17-,21-,23+,25-/m0/s1. The molecule has 1 N–H and O–H groups in total. The molecule has 0 radical (unpaired) electrons. The molecule has 12 heteroatoms. The Morgan fingerprint density at radius 2 is 2.00 bits per heavy atom. The Labute approximate surface area is 231 Å². The predicted molar refractivity (Wildman–Crippen MR) is 139 cm³/mol. The molecule has 0 aliphatic carbocycles. The molecular formula is C28H33FN2O9. The summed E-state index contributed by atoms with van der Waals surface area (Å²) < 4.78 is 46.6. The van der Waals surface area contributed by atoms with Crippen molar-refractivity contribution in [2.75, 3.05) is 27.1 Å². The summed E-state index contributed by atoms with van der Waals surface area (Å²) >= 11 is 0. The number of halogens is 1. The minimum atomic E-state index is -1.09. The normalized spacial score (nSPS) is 21.1. The SMILES string of the molecule is C=CCO[C@H]1[C@H](C)OC(=O)[C@@H](NC(=O)c2nccc(OC)c2OCOC(C)=O)CCO[C@@H]1Cc1ccc(F)cc1. The van der Waals surface area contributed by atoms with Crippen LogP contribution in [-0.4, -0.2) is 74.3 Å². The van der Waals surface area contributed by atoms with Crippen LogP contribution < -0.4 is 14.8 Å². The van der Waals surface area contributed by atoms with E-state index in [2.05, 4.69) is 16.9 Å². The second-order valence-corrected chi connectivity index (χ2v) is 8.87. The van der Waals surface area contributed by atoms with E-state index in [1.54, 1.807) is 25.1 Å². The quantitative estimate of drug-likeness (QED) is 0.249. The summed E-state index contributed by atoms with van der Waals surface area (Å²) in [6.45, 7) is 6.34. The van der Waals surface area contributed by atoms with E-state index in [1.165, 1.54) is 38.4 Å². The van der Waals surface area contributed by atoms with Crippen LogP contribution in [0.2, 0.25) is 0 Å². The molecule has 0 unspecified atom stereocenters. The van der Waals surface area contributed by atoms with E-state index in [4.69, 9.17) is 28.4 Å². The van der Waals surface area contributed by atoms with E-state index in [9.17, 15) is 18.8 Å². The van der Waals surface area contributed by atoms with Crippen molar-refractivity contribution in [3.63, 3.8) is 0 Å². The van der Waals surface area contributed by atoms with Gasteiger partial charge in [0.2, 0.25) is 6.79 Å². The highest BCUT2D eigenvalue weighted by molar-refractivity contribution is 5.98. The fourth-order valence-corrected chi connectivity index (χ4v) is 4.06. The lowest BCUT2D eigenvalue weighted by molar-refractivity contribution is -0.163. The number of methoxy groups -OCH3 is 1. The summed E-state index contributed by atoms with van der Waals surface area (Å²) in [6.07, 6.45) is 1.40. The zero-order valence-corrected chi connectivity index (χ0v) is 22.6. The molecular weight excluding hydrogens is 527 g/mol. The maximum Gasteiger partial charge on any atom is 0.329 e. The highest BCUT2D eigenvalue weighted by Gasteiger charge is 2.36. The van der Waals surface area contributed by atoms with Crippen molar-refractivity contribution in [3.05, 3.63) is 66.3 Å². The van der Waals surface area contributed by atoms with E-state index < -0.39 is 49.0 Å². The number of cyclic esters (lactones) is 1. The number of nitrogens with one attached hydrogen (secondary N) is 1. The number of rotatable bonds is 11. The van der Waals surface area contributed by atoms with Crippen LogP contribution in [0.4, 0.5) is 4.39 Å². The van der Waals surface area contributed by atoms with Crippen LogP contribution in [0.1, 0.15) is 36.3 Å². The molecule has 2 aromatic rings. The number of hydrogen-bond donors (Lipinski definition) is 1. The van der Waals surface area contributed by atoms with Crippen molar-refractivity contribution in [2.24, 2.45) is 0 Å². The Morgan fingerprint density at radius 3 is 2.67 bits per heavy atom. The first-order valence-corrected chi connectivity index (χ1v) is 12.6. The first-order chi connectivity index (χ1) is 19.2. The van der Waals surface area contributed by atoms with Crippen LogP contribution >= 0.6 is 0 Å². The number of hydrogen-bond acceptors (Lipinski definition) is 10. The number of carbonyl (C=O) groups is 3. The van der Waals surface area contributed by atoms with Gasteiger partial charge in [0, 0.05) is 38.6 Å². The summed E-state index contributed by atoms with van der Waals surface area (Å²) in [5, 5.41) is 2.62. The molecule has 1 fully saturated rings. The lowest BCUT2D eigenvalue weighted by atomic mass is 10.0. The van der Waals surface area contributed by atoms with Gasteiger partial charge in [0.05, 0.1) is 19.8 Å². The van der Waals surface area contributed by atoms with Crippen molar-refractivity contribution < 1.29 is 47.2 Å². The van der Waals surface area contributed by atoms with E-state index in [1.807, 2.05) is 0 Å². The number of aromatic nitrogens is 1. The fourth-order valence-electron chi connectivity index (χ4n) is 4.06. The van der Waals surface area contributed by atoms with Gasteiger partial charge in [0.15, 0.2) is 17.2 Å². The molecule has 3 rings (SSSR count). The van der Waals surface area contributed by atoms with Crippen molar-refractivity contribution >= 4 is 17.8 Å². The molecule has 40 heavy (non-hydrogen) atoms. The zero-order chi connectivity index (χ0) is 29.1. The first-order valence-electron chi connectivity index (χ1n) is 12.6. The molecule has 0 saturated carbocycles. The predicted octanol–water partition coefficient (Wildman–Crippen LogP) is 2.76. The van der Waals surface area contributed by atoms with E-state index in [0.29, 0.717) is 6.42 Å². The minimum Gasteiger partial charge on any atom is -0.493 e. The average Bonchev–Trinajstić information content (AvgIpc) is 2.97. The number of nitrogens with zero attached hydrogens (tertiary/aromatic N) is 1. The minimum absolute atomic E-state index is 0.0675. The number of amides is 1. The molecule has 216 valence electrons. The summed E-state index contributed by atoms with van der Waals surface area (Å²) in [4.78, 5) is 41.5. The molecule has 1 aliphatic rings. The van der Waals surface area contributed by atoms with E-state index in [-0.39, 0.29) is 42.6 Å². The average molecular weight is 561 g/mol. The van der Waals surface area contributed by atoms with Gasteiger partial charge in [-0.05, 0) is 24.6 Å². The van der Waals surface area contributed by atoms with Gasteiger partial charge in [0.25, 0.3) is 5.91 Å². The maximum absolute atomic E-state index is 13.4. The van der Waals surface area contributed by atoms with Gasteiger partial charge < -0.3 is 33.7 Å². The summed E-state index contributed by atoms with van der Waals surface area (Å²) in [6, 6.07) is 6.39. The molecule has 1 aromatic heterocycles. The molecule has 2 heterocycles. The van der Waals surface area contributed by atoms with Gasteiger partial charge in [-0.2, -0.15) is 0 Å². The number of ether oxygens (including phenoxy) is 6. The number of esters is 2. The van der Waals surface area contributed by atoms with E-state index in [0.717, 1.165) is 5.56 Å². The Kier molecular flexibility index (Phi) is 11.4. The topological polar surface area (TPSA) is 132 Å². The molecule has 0 spiro atoms. The Morgan fingerprint density at radius 1 is 1.25 bits per heavy atom. The lowest BCUT2D eigenvalue weighted by Crippen LogP contribution is -2.45. The van der Waals surface area contributed by atoms with Crippen LogP contribution in [0.3, 0.4) is 0 Å². The molecule has 11 nitrogen and oxygen atoms in total. The Hall–Kier alpha value is -4.03. The fraction of sp³-hybridized carbons (Fsp3) is 0.429. The van der Waals surface area contributed by atoms with Crippen LogP contribution in [-0.2, 0) is 35.0 Å². The molecule has 1 aromatic carbocycles. The van der Waals surface area contributed by atoms with Gasteiger partial charge in [-0.1, -0.05) is 18.2 Å². The third-order valence-corrected chi connectivity index (χ3v) is 5.98. The Balaban J connectivity index is 1.78. The second-order valence-electron chi connectivity index (χ2n) is 8.87. The van der Waals surface area contributed by atoms with Gasteiger partial charge in [-0.3, -0.25) is 9.59 Å². The zero-order valence-electron chi connectivity index (χ0n) is 22.6. The van der Waals surface area contributed by atoms with Crippen LogP contribution in [0.5, 0.6) is 11.5 Å². The van der Waals surface area contributed by atoms with Gasteiger partial charge in [-0.15, -0.1) is 6.58 Å². The highest BCUT2D eigenvalue weighted by Crippen LogP contribution is 2.30. The number of carbonyl (C=O) groups excluding carboxylic acids is 3. The van der Waals surface area contributed by atoms with Gasteiger partial charge in [0.1, 0.15) is 24.1 Å². The summed E-state index contributed by atoms with van der Waals surface area (Å²) in [5.74, 6) is -2.26. The number of benzene rings is 1. The summed E-state index contributed by atoms with van der Waals surface area (Å²) in [7, 11) is 1.37. The van der Waals surface area contributed by atoms with Crippen LogP contribution in [0.25, 0.3) is 0 Å². The smallest absolute Gasteiger partial charge is 0.329 e. The third-order valence-electron chi connectivity index (χ3n) is 5.98. The maximum atomic E-state index is 13.4. The van der Waals surface area contributed by atoms with Crippen LogP contribution in [0.15, 0.2) is 49.2 Å². The van der Waals surface area contributed by atoms with Gasteiger partial charge >= 0.3 is 11.9 Å². The summed E-state index contributed by atoms with van der Waals surface area (Å²) in [5.41, 5.74) is 0.626. The van der Waals surface area contributed by atoms with Gasteiger partial charge in [-0.25, -0.2) is 14.2 Å². The molecule has 1 aliphatic heterocycles. The van der Waals surface area contributed by atoms with E-state index >= 15 is 0 Å². The third kappa shape index (κ3) is 8.48. The van der Waals surface area contributed by atoms with Crippen LogP contribution in [0, 0.1) is 5.82 Å². The first kappa shape index (κ1) is 30.5. The van der Waals surface area contributed by atoms with Crippen molar-refractivity contribution in [1.82, 2.24) is 10.3 Å². The highest BCUT2D eigenvalue weighted by atomic mass is 19.1. The van der Waals surface area contributed by atoms with Crippen molar-refractivity contribution in [2.45, 2.75) is 51.0 Å². The molecule has 0 bridgehead atoms. The molecule has 1 saturated heterocycles. The largest absolute Gasteiger partial charge is 0.493 e. The second kappa shape index (κ2) is 14.9. The number of pyridine rings is 1. The molecule has 4 atom stereocenters.